The molecule has 1 N–H and O–H groups in total. The van der Waals surface area contributed by atoms with Gasteiger partial charge in [0.1, 0.15) is 10.7 Å². The largest absolute Gasteiger partial charge is 0.390 e. The number of hydrogen-bond acceptors (Lipinski definition) is 6. The number of rotatable bonds is 4. The van der Waals surface area contributed by atoms with Crippen molar-refractivity contribution in [3.63, 3.8) is 0 Å². The summed E-state index contributed by atoms with van der Waals surface area (Å²) in [4.78, 5) is 6.38. The first-order chi connectivity index (χ1) is 8.83. The monoisotopic (exact) mass is 281 g/mol. The maximum absolute atomic E-state index is 9.52. The number of fused-ring (bicyclic) bond motifs is 1. The van der Waals surface area contributed by atoms with Gasteiger partial charge in [0, 0.05) is 7.11 Å². The van der Waals surface area contributed by atoms with Gasteiger partial charge in [0.15, 0.2) is 0 Å². The zero-order chi connectivity index (χ0) is 12.5. The first-order valence-corrected chi connectivity index (χ1v) is 7.04. The molecule has 0 saturated carbocycles. The summed E-state index contributed by atoms with van der Waals surface area (Å²) in [6, 6.07) is 3.96. The maximum Gasteiger partial charge on any atom is 0.213 e. The second-order valence-electron chi connectivity index (χ2n) is 3.67. The Hall–Kier alpha value is -1.28. The molecular formula is C11H11N3O2S2. The summed E-state index contributed by atoms with van der Waals surface area (Å²) in [7, 11) is 1.63. The van der Waals surface area contributed by atoms with Gasteiger partial charge in [0.2, 0.25) is 4.96 Å². The summed E-state index contributed by atoms with van der Waals surface area (Å²) in [6.45, 7) is 0.387. The van der Waals surface area contributed by atoms with Crippen LogP contribution < -0.4 is 0 Å². The maximum atomic E-state index is 9.52. The highest BCUT2D eigenvalue weighted by molar-refractivity contribution is 7.16. The summed E-state index contributed by atoms with van der Waals surface area (Å²) >= 11 is 3.08. The van der Waals surface area contributed by atoms with Gasteiger partial charge in [-0.25, -0.2) is 9.50 Å². The highest BCUT2D eigenvalue weighted by Crippen LogP contribution is 2.30. The molecule has 3 aromatic rings. The number of hydrogen-bond donors (Lipinski definition) is 1. The van der Waals surface area contributed by atoms with Crippen molar-refractivity contribution in [2.75, 3.05) is 7.11 Å². The molecule has 0 aliphatic heterocycles. The van der Waals surface area contributed by atoms with Gasteiger partial charge < -0.3 is 9.84 Å². The van der Waals surface area contributed by atoms with Crippen molar-refractivity contribution in [3.05, 3.63) is 28.2 Å². The van der Waals surface area contributed by atoms with E-state index in [1.165, 1.54) is 11.3 Å². The van der Waals surface area contributed by atoms with Crippen LogP contribution in [-0.2, 0) is 18.0 Å². The van der Waals surface area contributed by atoms with Crippen molar-refractivity contribution >= 4 is 27.6 Å². The molecule has 94 valence electrons. The number of aliphatic hydroxyl groups excluding tert-OH is 1. The summed E-state index contributed by atoms with van der Waals surface area (Å²) in [5.41, 5.74) is 1.54. The molecule has 0 saturated heterocycles. The minimum absolute atomic E-state index is 0.0788. The molecule has 0 unspecified atom stereocenters. The van der Waals surface area contributed by atoms with E-state index in [-0.39, 0.29) is 6.61 Å². The third kappa shape index (κ3) is 1.85. The van der Waals surface area contributed by atoms with Gasteiger partial charge in [-0.1, -0.05) is 17.4 Å². The molecule has 3 rings (SSSR count). The van der Waals surface area contributed by atoms with E-state index in [0.717, 1.165) is 26.2 Å². The van der Waals surface area contributed by atoms with E-state index in [1.54, 1.807) is 23.0 Å². The average molecular weight is 281 g/mol. The van der Waals surface area contributed by atoms with Gasteiger partial charge in [-0.05, 0) is 11.4 Å². The zero-order valence-electron chi connectivity index (χ0n) is 9.66. The topological polar surface area (TPSA) is 59.7 Å². The Labute approximate surface area is 111 Å². The van der Waals surface area contributed by atoms with E-state index < -0.39 is 0 Å². The molecule has 3 aromatic heterocycles. The predicted molar refractivity (Wildman–Crippen MR) is 70.8 cm³/mol. The molecule has 7 heteroatoms. The van der Waals surface area contributed by atoms with E-state index in [1.807, 2.05) is 17.5 Å². The number of aliphatic hydroxyl groups is 1. The van der Waals surface area contributed by atoms with Gasteiger partial charge in [-0.15, -0.1) is 11.3 Å². The molecule has 3 heterocycles. The molecule has 0 atom stereocenters. The highest BCUT2D eigenvalue weighted by atomic mass is 32.1. The molecule has 5 nitrogen and oxygen atoms in total. The first-order valence-electron chi connectivity index (χ1n) is 5.34. The third-order valence-electron chi connectivity index (χ3n) is 2.51. The quantitative estimate of drug-likeness (QED) is 0.796. The van der Waals surface area contributed by atoms with Gasteiger partial charge >= 0.3 is 0 Å². The van der Waals surface area contributed by atoms with Gasteiger partial charge in [-0.3, -0.25) is 0 Å². The van der Waals surface area contributed by atoms with Gasteiger partial charge in [0.25, 0.3) is 0 Å². The molecule has 0 spiro atoms. The third-order valence-corrected chi connectivity index (χ3v) is 4.27. The Morgan fingerprint density at radius 2 is 2.39 bits per heavy atom. The smallest absolute Gasteiger partial charge is 0.213 e. The van der Waals surface area contributed by atoms with Crippen molar-refractivity contribution in [1.29, 1.82) is 0 Å². The molecule has 0 aliphatic carbocycles. The SMILES string of the molecule is COCc1nn2c(CO)c(-c3cccs3)nc2s1. The van der Waals surface area contributed by atoms with Crippen LogP contribution in [0.15, 0.2) is 17.5 Å². The van der Waals surface area contributed by atoms with E-state index in [9.17, 15) is 5.11 Å². The van der Waals surface area contributed by atoms with Crippen LogP contribution in [0.5, 0.6) is 0 Å². The Morgan fingerprint density at radius 3 is 3.06 bits per heavy atom. The van der Waals surface area contributed by atoms with Crippen LogP contribution in [-0.4, -0.2) is 26.8 Å². The highest BCUT2D eigenvalue weighted by Gasteiger charge is 2.17. The molecule has 0 bridgehead atoms. The van der Waals surface area contributed by atoms with Gasteiger partial charge in [0.05, 0.1) is 23.8 Å². The second-order valence-corrected chi connectivity index (χ2v) is 5.65. The van der Waals surface area contributed by atoms with Crippen molar-refractivity contribution in [3.8, 4) is 10.6 Å². The fourth-order valence-electron chi connectivity index (χ4n) is 1.76. The summed E-state index contributed by atoms with van der Waals surface area (Å²) in [6.07, 6.45) is 0. The molecule has 18 heavy (non-hydrogen) atoms. The first kappa shape index (κ1) is 11.8. The summed E-state index contributed by atoms with van der Waals surface area (Å²) < 4.78 is 6.75. The van der Waals surface area contributed by atoms with E-state index in [2.05, 4.69) is 10.1 Å². The summed E-state index contributed by atoms with van der Waals surface area (Å²) in [5, 5.41) is 16.8. The van der Waals surface area contributed by atoms with E-state index >= 15 is 0 Å². The molecule has 0 radical (unpaired) electrons. The lowest BCUT2D eigenvalue weighted by atomic mass is 10.3. The van der Waals surface area contributed by atoms with Crippen molar-refractivity contribution in [2.45, 2.75) is 13.2 Å². The van der Waals surface area contributed by atoms with Crippen LogP contribution in [0.1, 0.15) is 10.7 Å². The number of methoxy groups -OCH3 is 1. The molecule has 0 fully saturated rings. The number of nitrogens with zero attached hydrogens (tertiary/aromatic N) is 3. The average Bonchev–Trinajstić information content (AvgIpc) is 3.02. The van der Waals surface area contributed by atoms with Crippen LogP contribution in [0, 0.1) is 0 Å². The standard InChI is InChI=1S/C11H11N3O2S2/c1-16-6-9-13-14-7(5-15)10(12-11(14)18-9)8-3-2-4-17-8/h2-4,15H,5-6H2,1H3. The van der Waals surface area contributed by atoms with Crippen LogP contribution in [0.25, 0.3) is 15.5 Å². The molecule has 0 aromatic carbocycles. The minimum atomic E-state index is -0.0788. The van der Waals surface area contributed by atoms with E-state index in [4.69, 9.17) is 4.74 Å². The Bertz CT molecular complexity index is 657. The van der Waals surface area contributed by atoms with Crippen LogP contribution in [0.4, 0.5) is 0 Å². The predicted octanol–water partition coefficient (Wildman–Crippen LogP) is 2.16. The molecule has 0 aliphatic rings. The van der Waals surface area contributed by atoms with Crippen molar-refractivity contribution in [2.24, 2.45) is 0 Å². The lowest BCUT2D eigenvalue weighted by Crippen LogP contribution is -1.96. The van der Waals surface area contributed by atoms with Crippen molar-refractivity contribution < 1.29 is 9.84 Å². The second kappa shape index (κ2) is 4.77. The van der Waals surface area contributed by atoms with E-state index in [0.29, 0.717) is 6.61 Å². The number of ether oxygens (including phenoxy) is 1. The van der Waals surface area contributed by atoms with Crippen LogP contribution in [0.2, 0.25) is 0 Å². The number of aromatic nitrogens is 3. The van der Waals surface area contributed by atoms with Crippen LogP contribution in [0.3, 0.4) is 0 Å². The Morgan fingerprint density at radius 1 is 1.50 bits per heavy atom. The minimum Gasteiger partial charge on any atom is -0.390 e. The number of imidazole rings is 1. The van der Waals surface area contributed by atoms with Gasteiger partial charge in [-0.2, -0.15) is 5.10 Å². The fourth-order valence-corrected chi connectivity index (χ4v) is 3.38. The number of thiophene rings is 1. The molecular weight excluding hydrogens is 270 g/mol. The fraction of sp³-hybridized carbons (Fsp3) is 0.273. The van der Waals surface area contributed by atoms with Crippen molar-refractivity contribution in [1.82, 2.24) is 14.6 Å². The Kier molecular flexibility index (Phi) is 3.13. The lowest BCUT2D eigenvalue weighted by Gasteiger charge is -1.97. The normalized spacial score (nSPS) is 11.4. The Balaban J connectivity index is 2.14. The molecule has 0 amide bonds. The summed E-state index contributed by atoms with van der Waals surface area (Å²) in [5.74, 6) is 0. The lowest BCUT2D eigenvalue weighted by molar-refractivity contribution is 0.183. The van der Waals surface area contributed by atoms with Crippen LogP contribution >= 0.6 is 22.7 Å². The zero-order valence-corrected chi connectivity index (χ0v) is 11.3.